The van der Waals surface area contributed by atoms with Crippen molar-refractivity contribution in [3.63, 3.8) is 0 Å². The fourth-order valence-corrected chi connectivity index (χ4v) is 3.01. The Balaban J connectivity index is 1.41. The van der Waals surface area contributed by atoms with Crippen molar-refractivity contribution >= 4 is 29.0 Å². The number of hydrogen-bond acceptors (Lipinski definition) is 7. The summed E-state index contributed by atoms with van der Waals surface area (Å²) < 4.78 is 4.85. The number of pyridine rings is 1. The first-order valence-electron chi connectivity index (χ1n) is 7.95. The van der Waals surface area contributed by atoms with Crippen LogP contribution < -0.4 is 10.6 Å². The molecular formula is C17H17N5O3S. The zero-order valence-corrected chi connectivity index (χ0v) is 14.9. The van der Waals surface area contributed by atoms with Gasteiger partial charge < -0.3 is 15.2 Å². The van der Waals surface area contributed by atoms with Crippen LogP contribution in [0.5, 0.6) is 0 Å². The molecule has 9 heteroatoms. The van der Waals surface area contributed by atoms with E-state index in [0.717, 1.165) is 16.3 Å². The van der Waals surface area contributed by atoms with Gasteiger partial charge in [-0.15, -0.1) is 11.3 Å². The molecule has 8 nitrogen and oxygen atoms in total. The van der Waals surface area contributed by atoms with Crippen molar-refractivity contribution in [3.8, 4) is 10.6 Å². The number of carbonyl (C=O) groups is 2. The van der Waals surface area contributed by atoms with Gasteiger partial charge in [0.2, 0.25) is 11.8 Å². The van der Waals surface area contributed by atoms with E-state index >= 15 is 0 Å². The van der Waals surface area contributed by atoms with Gasteiger partial charge in [-0.25, -0.2) is 4.98 Å². The van der Waals surface area contributed by atoms with E-state index in [9.17, 15) is 9.59 Å². The second-order valence-corrected chi connectivity index (χ2v) is 6.39. The predicted molar refractivity (Wildman–Crippen MR) is 96.5 cm³/mol. The number of hydrogen-bond donors (Lipinski definition) is 2. The molecule has 0 spiro atoms. The first-order valence-corrected chi connectivity index (χ1v) is 8.83. The highest BCUT2D eigenvalue weighted by atomic mass is 32.1. The number of anilines is 1. The average molecular weight is 371 g/mol. The lowest BCUT2D eigenvalue weighted by atomic mass is 10.2. The number of rotatable bonds is 7. The second kappa shape index (κ2) is 8.34. The molecule has 26 heavy (non-hydrogen) atoms. The van der Waals surface area contributed by atoms with Crippen molar-refractivity contribution in [1.82, 2.24) is 20.4 Å². The maximum absolute atomic E-state index is 11.9. The molecule has 0 aliphatic heterocycles. The molecule has 3 rings (SSSR count). The Morgan fingerprint density at radius 2 is 2.19 bits per heavy atom. The minimum atomic E-state index is -0.362. The number of aryl methyl sites for hydroxylation is 2. The third-order valence-electron chi connectivity index (χ3n) is 3.41. The minimum Gasteiger partial charge on any atom is -0.360 e. The first-order chi connectivity index (χ1) is 12.6. The monoisotopic (exact) mass is 371 g/mol. The van der Waals surface area contributed by atoms with Crippen molar-refractivity contribution in [1.29, 1.82) is 0 Å². The SMILES string of the molecule is Cc1cc(NC(=O)CNC(=O)CCc2csc(-c3cccnc3)n2)no1. The summed E-state index contributed by atoms with van der Waals surface area (Å²) in [6.07, 6.45) is 4.23. The number of carbonyl (C=O) groups excluding carboxylic acids is 2. The van der Waals surface area contributed by atoms with Crippen LogP contribution in [-0.4, -0.2) is 33.5 Å². The van der Waals surface area contributed by atoms with Crippen LogP contribution in [0.4, 0.5) is 5.82 Å². The summed E-state index contributed by atoms with van der Waals surface area (Å²) in [7, 11) is 0. The van der Waals surface area contributed by atoms with Crippen molar-refractivity contribution in [3.05, 3.63) is 47.4 Å². The van der Waals surface area contributed by atoms with Gasteiger partial charge >= 0.3 is 0 Å². The summed E-state index contributed by atoms with van der Waals surface area (Å²) in [5, 5.41) is 11.6. The van der Waals surface area contributed by atoms with E-state index < -0.39 is 0 Å². The predicted octanol–water partition coefficient (Wildman–Crippen LogP) is 2.19. The molecule has 0 unspecified atom stereocenters. The summed E-state index contributed by atoms with van der Waals surface area (Å²) >= 11 is 1.51. The zero-order chi connectivity index (χ0) is 18.4. The van der Waals surface area contributed by atoms with E-state index in [0.29, 0.717) is 18.0 Å². The molecule has 3 heterocycles. The van der Waals surface area contributed by atoms with Crippen LogP contribution in [0.2, 0.25) is 0 Å². The second-order valence-electron chi connectivity index (χ2n) is 5.53. The van der Waals surface area contributed by atoms with Crippen molar-refractivity contribution in [2.45, 2.75) is 19.8 Å². The molecule has 0 fully saturated rings. The highest BCUT2D eigenvalue weighted by Crippen LogP contribution is 2.23. The van der Waals surface area contributed by atoms with Gasteiger partial charge in [-0.3, -0.25) is 14.6 Å². The average Bonchev–Trinajstić information content (AvgIpc) is 3.28. The van der Waals surface area contributed by atoms with Crippen LogP contribution in [0.1, 0.15) is 17.9 Å². The van der Waals surface area contributed by atoms with Gasteiger partial charge in [0, 0.05) is 35.8 Å². The standard InChI is InChI=1S/C17H17N5O3S/c1-11-7-14(22-25-11)21-16(24)9-19-15(23)5-4-13-10-26-17(20-13)12-3-2-6-18-8-12/h2-3,6-8,10H,4-5,9H2,1H3,(H,19,23)(H,21,22,24). The van der Waals surface area contributed by atoms with Gasteiger partial charge in [-0.1, -0.05) is 5.16 Å². The normalized spacial score (nSPS) is 10.5. The molecule has 0 atom stereocenters. The van der Waals surface area contributed by atoms with Crippen LogP contribution in [0.25, 0.3) is 10.6 Å². The Morgan fingerprint density at radius 3 is 2.92 bits per heavy atom. The van der Waals surface area contributed by atoms with E-state index in [-0.39, 0.29) is 24.8 Å². The summed E-state index contributed by atoms with van der Waals surface area (Å²) in [6, 6.07) is 5.40. The Hall–Kier alpha value is -3.07. The van der Waals surface area contributed by atoms with Crippen LogP contribution in [0.15, 0.2) is 40.5 Å². The van der Waals surface area contributed by atoms with Crippen LogP contribution in [-0.2, 0) is 16.0 Å². The molecule has 0 aliphatic rings. The lowest BCUT2D eigenvalue weighted by molar-refractivity contribution is -0.124. The molecule has 0 saturated carbocycles. The van der Waals surface area contributed by atoms with E-state index in [1.807, 2.05) is 17.5 Å². The molecular weight excluding hydrogens is 354 g/mol. The van der Waals surface area contributed by atoms with Crippen molar-refractivity contribution in [2.24, 2.45) is 0 Å². The van der Waals surface area contributed by atoms with Crippen molar-refractivity contribution < 1.29 is 14.1 Å². The number of nitrogens with one attached hydrogen (secondary N) is 2. The summed E-state index contributed by atoms with van der Waals surface area (Å²) in [5.74, 6) is 0.344. The third kappa shape index (κ3) is 4.96. The van der Waals surface area contributed by atoms with E-state index in [2.05, 4.69) is 25.8 Å². The summed E-state index contributed by atoms with van der Waals surface area (Å²) in [6.45, 7) is 1.60. The van der Waals surface area contributed by atoms with E-state index in [4.69, 9.17) is 4.52 Å². The summed E-state index contributed by atoms with van der Waals surface area (Å²) in [4.78, 5) is 32.2. The number of thiazole rings is 1. The van der Waals surface area contributed by atoms with Gasteiger partial charge in [0.1, 0.15) is 10.8 Å². The Labute approximate surface area is 153 Å². The van der Waals surface area contributed by atoms with E-state index in [1.54, 1.807) is 25.4 Å². The lowest BCUT2D eigenvalue weighted by Gasteiger charge is -2.04. The number of amides is 2. The molecule has 0 bridgehead atoms. The third-order valence-corrected chi connectivity index (χ3v) is 4.35. The van der Waals surface area contributed by atoms with E-state index in [1.165, 1.54) is 11.3 Å². The van der Waals surface area contributed by atoms with Crippen LogP contribution >= 0.6 is 11.3 Å². The Morgan fingerprint density at radius 1 is 1.31 bits per heavy atom. The fraction of sp³-hybridized carbons (Fsp3) is 0.235. The smallest absolute Gasteiger partial charge is 0.245 e. The van der Waals surface area contributed by atoms with Gasteiger partial charge in [0.15, 0.2) is 5.82 Å². The minimum absolute atomic E-state index is 0.122. The van der Waals surface area contributed by atoms with Gasteiger partial charge in [0.25, 0.3) is 0 Å². The first kappa shape index (κ1) is 17.7. The van der Waals surface area contributed by atoms with Gasteiger partial charge in [-0.05, 0) is 25.5 Å². The molecule has 0 radical (unpaired) electrons. The maximum Gasteiger partial charge on any atom is 0.245 e. The van der Waals surface area contributed by atoms with Crippen LogP contribution in [0.3, 0.4) is 0 Å². The summed E-state index contributed by atoms with van der Waals surface area (Å²) in [5.41, 5.74) is 1.79. The van der Waals surface area contributed by atoms with Crippen LogP contribution in [0, 0.1) is 6.92 Å². The van der Waals surface area contributed by atoms with Crippen molar-refractivity contribution in [2.75, 3.05) is 11.9 Å². The fourth-order valence-electron chi connectivity index (χ4n) is 2.16. The molecule has 0 aliphatic carbocycles. The van der Waals surface area contributed by atoms with Gasteiger partial charge in [0.05, 0.1) is 12.2 Å². The molecule has 3 aromatic rings. The Bertz CT molecular complexity index is 891. The maximum atomic E-state index is 11.9. The molecule has 3 aromatic heterocycles. The molecule has 0 saturated heterocycles. The molecule has 2 amide bonds. The quantitative estimate of drug-likeness (QED) is 0.659. The highest BCUT2D eigenvalue weighted by molar-refractivity contribution is 7.13. The molecule has 134 valence electrons. The number of nitrogens with zero attached hydrogens (tertiary/aromatic N) is 3. The molecule has 2 N–H and O–H groups in total. The molecule has 0 aromatic carbocycles. The zero-order valence-electron chi connectivity index (χ0n) is 14.1. The topological polar surface area (TPSA) is 110 Å². The lowest BCUT2D eigenvalue weighted by Crippen LogP contribution is -2.33. The Kier molecular flexibility index (Phi) is 5.69. The van der Waals surface area contributed by atoms with Gasteiger partial charge in [-0.2, -0.15) is 0 Å². The largest absolute Gasteiger partial charge is 0.360 e. The highest BCUT2D eigenvalue weighted by Gasteiger charge is 2.10. The number of aromatic nitrogens is 3.